The molecule has 1 saturated heterocycles. The van der Waals surface area contributed by atoms with Crippen molar-refractivity contribution in [1.29, 1.82) is 0 Å². The van der Waals surface area contributed by atoms with Crippen LogP contribution in [0.25, 0.3) is 0 Å². The van der Waals surface area contributed by atoms with Gasteiger partial charge in [0.25, 0.3) is 5.91 Å². The number of carbonyl (C=O) groups is 1. The maximum Gasteiger partial charge on any atom is 0.274 e. The molecule has 1 atom stereocenters. The number of halogens is 1. The lowest BCUT2D eigenvalue weighted by molar-refractivity contribution is 0.0453. The van der Waals surface area contributed by atoms with E-state index in [4.69, 9.17) is 0 Å². The predicted octanol–water partition coefficient (Wildman–Crippen LogP) is 3.22. The molecule has 0 radical (unpaired) electrons. The van der Waals surface area contributed by atoms with Crippen LogP contribution in [0.1, 0.15) is 54.5 Å². The van der Waals surface area contributed by atoms with E-state index < -0.39 is 0 Å². The third-order valence-electron chi connectivity index (χ3n) is 5.53. The van der Waals surface area contributed by atoms with E-state index in [0.717, 1.165) is 50.3 Å². The van der Waals surface area contributed by atoms with Crippen LogP contribution in [0.3, 0.4) is 0 Å². The molecule has 3 heterocycles. The quantitative estimate of drug-likeness (QED) is 0.848. The van der Waals surface area contributed by atoms with Crippen molar-refractivity contribution in [3.05, 3.63) is 53.1 Å². The van der Waals surface area contributed by atoms with Crippen molar-refractivity contribution in [2.45, 2.75) is 51.9 Å². The molecule has 0 aliphatic carbocycles. The monoisotopic (exact) mass is 356 g/mol. The summed E-state index contributed by atoms with van der Waals surface area (Å²) < 4.78 is 15.1. The number of hydrogen-bond donors (Lipinski definition) is 0. The molecule has 0 saturated carbocycles. The number of hydrogen-bond acceptors (Lipinski definition) is 3. The van der Waals surface area contributed by atoms with Gasteiger partial charge in [-0.15, -0.1) is 0 Å². The molecule has 6 heteroatoms. The molecule has 1 aromatic heterocycles. The Morgan fingerprint density at radius 2 is 1.96 bits per heavy atom. The molecule has 26 heavy (non-hydrogen) atoms. The smallest absolute Gasteiger partial charge is 0.274 e. The summed E-state index contributed by atoms with van der Waals surface area (Å²) in [5.41, 5.74) is 2.62. The van der Waals surface area contributed by atoms with Crippen molar-refractivity contribution in [3.63, 3.8) is 0 Å². The number of aryl methyl sites for hydroxylation is 1. The summed E-state index contributed by atoms with van der Waals surface area (Å²) in [6.45, 7) is 7.87. The van der Waals surface area contributed by atoms with E-state index in [-0.39, 0.29) is 17.8 Å². The standard InChI is InChI=1S/C20H25FN4O/c1-14(2)23-9-3-10-25-17(13-23)12-18(22-25)20(26)24-11-8-19(24)15-4-6-16(21)7-5-15/h4-7,12,14,19H,3,8-11,13H2,1-2H3/t19-/m0/s1. The summed E-state index contributed by atoms with van der Waals surface area (Å²) >= 11 is 0. The molecule has 0 bridgehead atoms. The molecule has 138 valence electrons. The second-order valence-electron chi connectivity index (χ2n) is 7.52. The van der Waals surface area contributed by atoms with Gasteiger partial charge in [-0.05, 0) is 50.5 Å². The third kappa shape index (κ3) is 3.14. The Balaban J connectivity index is 1.52. The van der Waals surface area contributed by atoms with Gasteiger partial charge in [-0.25, -0.2) is 4.39 Å². The van der Waals surface area contributed by atoms with E-state index in [2.05, 4.69) is 23.8 Å². The molecule has 1 fully saturated rings. The van der Waals surface area contributed by atoms with Gasteiger partial charge in [0.1, 0.15) is 5.82 Å². The minimum Gasteiger partial charge on any atom is -0.330 e. The Morgan fingerprint density at radius 3 is 2.62 bits per heavy atom. The van der Waals surface area contributed by atoms with Crippen molar-refractivity contribution < 1.29 is 9.18 Å². The van der Waals surface area contributed by atoms with E-state index in [1.165, 1.54) is 12.1 Å². The van der Waals surface area contributed by atoms with Gasteiger partial charge in [0, 0.05) is 32.2 Å². The van der Waals surface area contributed by atoms with Crippen LogP contribution in [0.15, 0.2) is 30.3 Å². The van der Waals surface area contributed by atoms with Crippen LogP contribution in [0.2, 0.25) is 0 Å². The Hall–Kier alpha value is -2.21. The summed E-state index contributed by atoms with van der Waals surface area (Å²) in [7, 11) is 0. The van der Waals surface area contributed by atoms with E-state index in [0.29, 0.717) is 11.7 Å². The van der Waals surface area contributed by atoms with Gasteiger partial charge in [0.2, 0.25) is 0 Å². The van der Waals surface area contributed by atoms with Crippen molar-refractivity contribution in [2.75, 3.05) is 13.1 Å². The molecule has 1 amide bonds. The number of rotatable bonds is 3. The van der Waals surface area contributed by atoms with Crippen molar-refractivity contribution in [2.24, 2.45) is 0 Å². The summed E-state index contributed by atoms with van der Waals surface area (Å²) in [6.07, 6.45) is 1.95. The molecule has 4 rings (SSSR count). The van der Waals surface area contributed by atoms with Crippen LogP contribution in [0.4, 0.5) is 4.39 Å². The Morgan fingerprint density at radius 1 is 1.19 bits per heavy atom. The molecular formula is C20H25FN4O. The molecule has 0 N–H and O–H groups in total. The van der Waals surface area contributed by atoms with Crippen LogP contribution in [0, 0.1) is 5.82 Å². The van der Waals surface area contributed by atoms with Gasteiger partial charge in [0.15, 0.2) is 5.69 Å². The lowest BCUT2D eigenvalue weighted by Crippen LogP contribution is -2.45. The number of fused-ring (bicyclic) bond motifs is 1. The fourth-order valence-corrected chi connectivity index (χ4v) is 3.84. The number of amides is 1. The number of aromatic nitrogens is 2. The van der Waals surface area contributed by atoms with Gasteiger partial charge in [-0.3, -0.25) is 14.4 Å². The summed E-state index contributed by atoms with van der Waals surface area (Å²) in [5, 5.41) is 4.59. The first-order valence-corrected chi connectivity index (χ1v) is 9.40. The number of benzene rings is 1. The SMILES string of the molecule is CC(C)N1CCCn2nc(C(=O)N3CC[C@H]3c3ccc(F)cc3)cc2C1. The molecule has 2 aliphatic heterocycles. The van der Waals surface area contributed by atoms with Gasteiger partial charge in [-0.2, -0.15) is 5.10 Å². The highest BCUT2D eigenvalue weighted by molar-refractivity contribution is 5.93. The van der Waals surface area contributed by atoms with Crippen LogP contribution in [-0.4, -0.2) is 44.6 Å². The second kappa shape index (κ2) is 6.83. The Bertz CT molecular complexity index is 799. The lowest BCUT2D eigenvalue weighted by atomic mass is 9.94. The largest absolute Gasteiger partial charge is 0.330 e. The van der Waals surface area contributed by atoms with Gasteiger partial charge in [-0.1, -0.05) is 12.1 Å². The first-order chi connectivity index (χ1) is 12.5. The molecule has 5 nitrogen and oxygen atoms in total. The Kier molecular flexibility index (Phi) is 4.53. The molecule has 0 spiro atoms. The maximum absolute atomic E-state index is 13.1. The molecular weight excluding hydrogens is 331 g/mol. The van der Waals surface area contributed by atoms with Gasteiger partial charge < -0.3 is 4.90 Å². The number of carbonyl (C=O) groups excluding carboxylic acids is 1. The zero-order valence-electron chi connectivity index (χ0n) is 15.4. The van der Waals surface area contributed by atoms with Crippen molar-refractivity contribution >= 4 is 5.91 Å². The fraction of sp³-hybridized carbons (Fsp3) is 0.500. The normalized spacial score (nSPS) is 20.6. The minimum absolute atomic E-state index is 0.0248. The Labute approximate surface area is 153 Å². The predicted molar refractivity (Wildman–Crippen MR) is 97.2 cm³/mol. The topological polar surface area (TPSA) is 41.4 Å². The third-order valence-corrected chi connectivity index (χ3v) is 5.53. The number of likely N-dealkylation sites (tertiary alicyclic amines) is 1. The van der Waals surface area contributed by atoms with Crippen LogP contribution in [0.5, 0.6) is 0 Å². The van der Waals surface area contributed by atoms with Crippen LogP contribution in [-0.2, 0) is 13.1 Å². The first-order valence-electron chi connectivity index (χ1n) is 9.40. The summed E-state index contributed by atoms with van der Waals surface area (Å²) in [5.74, 6) is -0.277. The highest BCUT2D eigenvalue weighted by atomic mass is 19.1. The molecule has 2 aliphatic rings. The van der Waals surface area contributed by atoms with Gasteiger partial charge >= 0.3 is 0 Å². The minimum atomic E-state index is -0.251. The van der Waals surface area contributed by atoms with E-state index in [9.17, 15) is 9.18 Å². The van der Waals surface area contributed by atoms with Crippen LogP contribution < -0.4 is 0 Å². The maximum atomic E-state index is 13.1. The highest BCUT2D eigenvalue weighted by Crippen LogP contribution is 2.34. The average Bonchev–Trinajstić information content (AvgIpc) is 2.87. The number of nitrogens with zero attached hydrogens (tertiary/aromatic N) is 4. The van der Waals surface area contributed by atoms with Crippen molar-refractivity contribution in [1.82, 2.24) is 19.6 Å². The van der Waals surface area contributed by atoms with Crippen LogP contribution >= 0.6 is 0 Å². The van der Waals surface area contributed by atoms with E-state index >= 15 is 0 Å². The van der Waals surface area contributed by atoms with E-state index in [1.807, 2.05) is 15.6 Å². The summed E-state index contributed by atoms with van der Waals surface area (Å²) in [4.78, 5) is 17.2. The zero-order valence-corrected chi connectivity index (χ0v) is 15.4. The van der Waals surface area contributed by atoms with Crippen molar-refractivity contribution in [3.8, 4) is 0 Å². The molecule has 1 aromatic carbocycles. The first kappa shape index (κ1) is 17.2. The van der Waals surface area contributed by atoms with E-state index in [1.54, 1.807) is 12.1 Å². The molecule has 2 aromatic rings. The second-order valence-corrected chi connectivity index (χ2v) is 7.52. The van der Waals surface area contributed by atoms with Gasteiger partial charge in [0.05, 0.1) is 11.7 Å². The fourth-order valence-electron chi connectivity index (χ4n) is 3.84. The summed E-state index contributed by atoms with van der Waals surface area (Å²) in [6, 6.07) is 8.89. The lowest BCUT2D eigenvalue weighted by Gasteiger charge is -2.41. The molecule has 0 unspecified atom stereocenters. The zero-order chi connectivity index (χ0) is 18.3. The highest BCUT2D eigenvalue weighted by Gasteiger charge is 2.35. The average molecular weight is 356 g/mol.